The maximum Gasteiger partial charge on any atom is 0.417 e. The first-order chi connectivity index (χ1) is 14.1. The second-order valence-corrected chi connectivity index (χ2v) is 6.39. The SMILES string of the molecule is C=C/C=C\C(C(=N)C=C)=C(/C)C(=O)N(CC)[C@@H](C)COc1ccc(C(F)(F)F)cn1. The molecule has 0 spiro atoms. The number of halogens is 3. The molecule has 0 unspecified atom stereocenters. The number of hydrogen-bond acceptors (Lipinski definition) is 4. The van der Waals surface area contributed by atoms with E-state index in [2.05, 4.69) is 18.1 Å². The van der Waals surface area contributed by atoms with Gasteiger partial charge in [0.1, 0.15) is 6.61 Å². The molecule has 30 heavy (non-hydrogen) atoms. The predicted octanol–water partition coefficient (Wildman–Crippen LogP) is 4.98. The van der Waals surface area contributed by atoms with Crippen molar-refractivity contribution in [1.82, 2.24) is 9.88 Å². The third kappa shape index (κ3) is 6.72. The summed E-state index contributed by atoms with van der Waals surface area (Å²) in [6.45, 7) is 12.8. The van der Waals surface area contributed by atoms with Crippen molar-refractivity contribution in [2.24, 2.45) is 0 Å². The molecule has 0 saturated heterocycles. The van der Waals surface area contributed by atoms with Crippen LogP contribution in [0, 0.1) is 5.41 Å². The Morgan fingerprint density at radius 2 is 2.03 bits per heavy atom. The topological polar surface area (TPSA) is 66.3 Å². The Kier molecular flexibility index (Phi) is 9.23. The Bertz CT molecular complexity index is 840. The van der Waals surface area contributed by atoms with Crippen LogP contribution in [0.15, 0.2) is 66.9 Å². The maximum absolute atomic E-state index is 13.0. The molecule has 0 bridgehead atoms. The summed E-state index contributed by atoms with van der Waals surface area (Å²) in [6, 6.07) is 1.65. The standard InChI is InChI=1S/C22H26F3N3O2/c1-6-9-10-18(19(26)7-2)16(5)21(29)28(8-3)15(4)14-30-20-12-11-17(13-27-20)22(23,24)25/h6-7,9-13,15,26H,1-2,8,14H2,3-5H3/b10-9-,18-16-,26-19?/t15-/m0/s1. The molecule has 0 aliphatic rings. The van der Waals surface area contributed by atoms with Crippen molar-refractivity contribution < 1.29 is 22.7 Å². The number of alkyl halides is 3. The van der Waals surface area contributed by atoms with Crippen molar-refractivity contribution in [3.63, 3.8) is 0 Å². The summed E-state index contributed by atoms with van der Waals surface area (Å²) in [4.78, 5) is 18.2. The van der Waals surface area contributed by atoms with Gasteiger partial charge in [0.05, 0.1) is 17.3 Å². The summed E-state index contributed by atoms with van der Waals surface area (Å²) in [6.07, 6.45) is 2.37. The third-order valence-electron chi connectivity index (χ3n) is 4.29. The first kappa shape index (κ1) is 24.9. The average molecular weight is 421 g/mol. The normalized spacial score (nSPS) is 13.4. The lowest BCUT2D eigenvalue weighted by Gasteiger charge is -2.28. The van der Waals surface area contributed by atoms with Gasteiger partial charge in [0.15, 0.2) is 0 Å². The van der Waals surface area contributed by atoms with E-state index in [-0.39, 0.29) is 30.1 Å². The Labute approximate surface area is 174 Å². The van der Waals surface area contributed by atoms with Crippen LogP contribution in [0.2, 0.25) is 0 Å². The number of pyridine rings is 1. The van der Waals surface area contributed by atoms with Crippen molar-refractivity contribution in [1.29, 1.82) is 5.41 Å². The van der Waals surface area contributed by atoms with Crippen LogP contribution >= 0.6 is 0 Å². The quantitative estimate of drug-likeness (QED) is 0.329. The van der Waals surface area contributed by atoms with E-state index in [1.54, 1.807) is 43.9 Å². The minimum Gasteiger partial charge on any atom is -0.475 e. The lowest BCUT2D eigenvalue weighted by Crippen LogP contribution is -2.42. The second-order valence-electron chi connectivity index (χ2n) is 6.39. The van der Waals surface area contributed by atoms with Crippen molar-refractivity contribution in [3.05, 3.63) is 72.5 Å². The Morgan fingerprint density at radius 1 is 1.37 bits per heavy atom. The summed E-state index contributed by atoms with van der Waals surface area (Å²) < 4.78 is 43.3. The number of carbonyl (C=O) groups excluding carboxylic acids is 1. The van der Waals surface area contributed by atoms with Crippen molar-refractivity contribution >= 4 is 11.6 Å². The van der Waals surface area contributed by atoms with Crippen molar-refractivity contribution in [2.75, 3.05) is 13.2 Å². The van der Waals surface area contributed by atoms with Gasteiger partial charge < -0.3 is 15.0 Å². The van der Waals surface area contributed by atoms with E-state index < -0.39 is 11.7 Å². The van der Waals surface area contributed by atoms with Gasteiger partial charge in [0, 0.05) is 30.0 Å². The number of amides is 1. The van der Waals surface area contributed by atoms with Crippen LogP contribution in [0.5, 0.6) is 5.88 Å². The van der Waals surface area contributed by atoms with Gasteiger partial charge in [-0.3, -0.25) is 4.79 Å². The van der Waals surface area contributed by atoms with Crippen molar-refractivity contribution in [3.8, 4) is 5.88 Å². The van der Waals surface area contributed by atoms with Gasteiger partial charge in [-0.05, 0) is 32.9 Å². The minimum atomic E-state index is -4.47. The highest BCUT2D eigenvalue weighted by Crippen LogP contribution is 2.29. The van der Waals surface area contributed by atoms with E-state index in [1.165, 1.54) is 6.08 Å². The third-order valence-corrected chi connectivity index (χ3v) is 4.29. The molecule has 8 heteroatoms. The molecule has 1 aromatic rings. The van der Waals surface area contributed by atoms with E-state index >= 15 is 0 Å². The first-order valence-corrected chi connectivity index (χ1v) is 9.25. The first-order valence-electron chi connectivity index (χ1n) is 9.25. The van der Waals surface area contributed by atoms with Gasteiger partial charge in [-0.2, -0.15) is 13.2 Å². The zero-order valence-electron chi connectivity index (χ0n) is 17.3. The van der Waals surface area contributed by atoms with Crippen molar-refractivity contribution in [2.45, 2.75) is 33.0 Å². The molecule has 1 aromatic heterocycles. The summed E-state index contributed by atoms with van der Waals surface area (Å²) in [5.41, 5.74) is 0.0249. The molecule has 1 N–H and O–H groups in total. The van der Waals surface area contributed by atoms with Crippen LogP contribution in [0.25, 0.3) is 0 Å². The fraction of sp³-hybridized carbons (Fsp3) is 0.318. The summed E-state index contributed by atoms with van der Waals surface area (Å²) in [5, 5.41) is 8.01. The van der Waals surface area contributed by atoms with Gasteiger partial charge in [0.25, 0.3) is 5.91 Å². The Hall–Kier alpha value is -3.16. The minimum absolute atomic E-state index is 0.0358. The lowest BCUT2D eigenvalue weighted by atomic mass is 10.0. The summed E-state index contributed by atoms with van der Waals surface area (Å²) >= 11 is 0. The molecule has 0 saturated carbocycles. The molecule has 1 amide bonds. The summed E-state index contributed by atoms with van der Waals surface area (Å²) in [7, 11) is 0. The monoisotopic (exact) mass is 421 g/mol. The lowest BCUT2D eigenvalue weighted by molar-refractivity contribution is -0.138. The van der Waals surface area contributed by atoms with Crippen LogP contribution in [0.3, 0.4) is 0 Å². The van der Waals surface area contributed by atoms with Gasteiger partial charge in [0.2, 0.25) is 5.88 Å². The highest BCUT2D eigenvalue weighted by atomic mass is 19.4. The molecule has 0 fully saturated rings. The van der Waals surface area contributed by atoms with Gasteiger partial charge >= 0.3 is 6.18 Å². The van der Waals surface area contributed by atoms with Crippen LogP contribution in [0.1, 0.15) is 26.3 Å². The number of allylic oxidation sites excluding steroid dienone is 5. The highest BCUT2D eigenvalue weighted by molar-refractivity contribution is 6.13. The molecule has 162 valence electrons. The Morgan fingerprint density at radius 3 is 2.50 bits per heavy atom. The van der Waals surface area contributed by atoms with Crippen LogP contribution in [0.4, 0.5) is 13.2 Å². The van der Waals surface area contributed by atoms with E-state index in [0.29, 0.717) is 23.9 Å². The number of likely N-dealkylation sites (N-methyl/N-ethyl adjacent to an activating group) is 1. The largest absolute Gasteiger partial charge is 0.475 e. The fourth-order valence-electron chi connectivity index (χ4n) is 2.61. The fourth-order valence-corrected chi connectivity index (χ4v) is 2.61. The summed E-state index contributed by atoms with van der Waals surface area (Å²) in [5.74, 6) is -0.252. The molecule has 0 aromatic carbocycles. The second kappa shape index (κ2) is 11.1. The highest BCUT2D eigenvalue weighted by Gasteiger charge is 2.30. The number of ether oxygens (including phenoxy) is 1. The van der Waals surface area contributed by atoms with E-state index in [1.807, 2.05) is 0 Å². The number of rotatable bonds is 10. The molecule has 0 aliphatic carbocycles. The molecular weight excluding hydrogens is 395 g/mol. The molecule has 0 aliphatic heterocycles. The number of hydrogen-bond donors (Lipinski definition) is 1. The number of nitrogens with one attached hydrogen (secondary N) is 1. The molecule has 1 heterocycles. The Balaban J connectivity index is 2.96. The molecule has 5 nitrogen and oxygen atoms in total. The van der Waals surface area contributed by atoms with Crippen LogP contribution < -0.4 is 4.74 Å². The zero-order chi connectivity index (χ0) is 22.9. The maximum atomic E-state index is 13.0. The van der Waals surface area contributed by atoms with Gasteiger partial charge in [-0.25, -0.2) is 4.98 Å². The molecule has 1 rings (SSSR count). The number of carbonyl (C=O) groups is 1. The van der Waals surface area contributed by atoms with Gasteiger partial charge in [-0.1, -0.05) is 31.4 Å². The van der Waals surface area contributed by atoms with E-state index in [0.717, 1.165) is 12.1 Å². The van der Waals surface area contributed by atoms with Gasteiger partial charge in [-0.15, -0.1) is 0 Å². The molecule has 0 radical (unpaired) electrons. The number of aromatic nitrogens is 1. The van der Waals surface area contributed by atoms with E-state index in [9.17, 15) is 18.0 Å². The van der Waals surface area contributed by atoms with Crippen LogP contribution in [-0.2, 0) is 11.0 Å². The zero-order valence-corrected chi connectivity index (χ0v) is 17.3. The molecule has 1 atom stereocenters. The molecular formula is C22H26F3N3O2. The smallest absolute Gasteiger partial charge is 0.417 e. The number of nitrogens with zero attached hydrogens (tertiary/aromatic N) is 2. The van der Waals surface area contributed by atoms with Crippen LogP contribution in [-0.4, -0.2) is 40.7 Å². The average Bonchev–Trinajstić information content (AvgIpc) is 2.72. The van der Waals surface area contributed by atoms with E-state index in [4.69, 9.17) is 10.1 Å². The predicted molar refractivity (Wildman–Crippen MR) is 112 cm³/mol.